The molecule has 1 heterocycles. The largest absolute Gasteiger partial charge is 0.250 e. The van der Waals surface area contributed by atoms with Crippen molar-refractivity contribution in [2.75, 3.05) is 0 Å². The zero-order valence-electron chi connectivity index (χ0n) is 4.13. The topological polar surface area (TPSA) is 12.9 Å². The number of aromatic nitrogens is 1. The second kappa shape index (κ2) is 2.31. The Balaban J connectivity index is 3.03. The zero-order chi connectivity index (χ0) is 5.98. The van der Waals surface area contributed by atoms with Crippen molar-refractivity contribution in [3.8, 4) is 0 Å². The minimum atomic E-state index is 0.688. The van der Waals surface area contributed by atoms with Crippen molar-refractivity contribution in [1.29, 1.82) is 0 Å². The Labute approximate surface area is 57.7 Å². The van der Waals surface area contributed by atoms with Gasteiger partial charge in [-0.25, -0.2) is 4.98 Å². The summed E-state index contributed by atoms with van der Waals surface area (Å²) < 4.78 is 0.812. The van der Waals surface area contributed by atoms with Gasteiger partial charge in [0, 0.05) is 6.20 Å². The molecule has 1 rings (SSSR count). The van der Waals surface area contributed by atoms with Crippen molar-refractivity contribution in [2.45, 2.75) is 0 Å². The first-order chi connectivity index (χ1) is 3.79. The van der Waals surface area contributed by atoms with Crippen LogP contribution in [0.1, 0.15) is 0 Å². The Morgan fingerprint density at radius 1 is 1.50 bits per heavy atom. The lowest BCUT2D eigenvalue weighted by atomic mass is 10.00. The molecular formula is C5H3BBrN. The molecule has 3 heteroatoms. The quantitative estimate of drug-likeness (QED) is 0.409. The minimum absolute atomic E-state index is 0.688. The second-order valence-corrected chi connectivity index (χ2v) is 2.23. The van der Waals surface area contributed by atoms with E-state index in [1.54, 1.807) is 18.3 Å². The Hall–Kier alpha value is -0.305. The molecule has 0 aliphatic rings. The highest BCUT2D eigenvalue weighted by molar-refractivity contribution is 9.10. The van der Waals surface area contributed by atoms with E-state index in [0.29, 0.717) is 5.46 Å². The molecule has 2 radical (unpaired) electrons. The number of rotatable bonds is 0. The van der Waals surface area contributed by atoms with Crippen molar-refractivity contribution in [3.05, 3.63) is 22.9 Å². The SMILES string of the molecule is [B]c1ccc(Br)nc1. The van der Waals surface area contributed by atoms with Gasteiger partial charge in [-0.3, -0.25) is 0 Å². The lowest BCUT2D eigenvalue weighted by Gasteiger charge is -1.88. The van der Waals surface area contributed by atoms with Crippen molar-refractivity contribution in [2.24, 2.45) is 0 Å². The summed E-state index contributed by atoms with van der Waals surface area (Å²) in [5.41, 5.74) is 0.688. The summed E-state index contributed by atoms with van der Waals surface area (Å²) in [5, 5.41) is 0. The van der Waals surface area contributed by atoms with Gasteiger partial charge in [0.25, 0.3) is 0 Å². The second-order valence-electron chi connectivity index (χ2n) is 1.41. The molecule has 0 spiro atoms. The smallest absolute Gasteiger partial charge is 0.115 e. The van der Waals surface area contributed by atoms with Gasteiger partial charge in [-0.15, -0.1) is 0 Å². The van der Waals surface area contributed by atoms with Crippen molar-refractivity contribution < 1.29 is 0 Å². The summed E-state index contributed by atoms with van der Waals surface area (Å²) in [6.07, 6.45) is 1.60. The summed E-state index contributed by atoms with van der Waals surface area (Å²) in [5.74, 6) is 0. The first-order valence-electron chi connectivity index (χ1n) is 2.16. The molecule has 0 amide bonds. The average Bonchev–Trinajstić information content (AvgIpc) is 1.77. The molecule has 0 aromatic carbocycles. The third-order valence-electron chi connectivity index (χ3n) is 0.750. The van der Waals surface area contributed by atoms with Gasteiger partial charge >= 0.3 is 0 Å². The van der Waals surface area contributed by atoms with Gasteiger partial charge < -0.3 is 0 Å². The molecule has 0 saturated carbocycles. The summed E-state index contributed by atoms with van der Waals surface area (Å²) >= 11 is 3.18. The Morgan fingerprint density at radius 2 is 2.25 bits per heavy atom. The van der Waals surface area contributed by atoms with Crippen LogP contribution < -0.4 is 5.46 Å². The van der Waals surface area contributed by atoms with E-state index in [0.717, 1.165) is 4.60 Å². The van der Waals surface area contributed by atoms with E-state index in [-0.39, 0.29) is 0 Å². The Kier molecular flexibility index (Phi) is 1.68. The van der Waals surface area contributed by atoms with Crippen LogP contribution >= 0.6 is 15.9 Å². The first kappa shape index (κ1) is 5.82. The maximum atomic E-state index is 5.34. The molecular weight excluding hydrogens is 165 g/mol. The molecule has 0 aliphatic carbocycles. The molecule has 0 fully saturated rings. The van der Waals surface area contributed by atoms with Crippen LogP contribution in [0.25, 0.3) is 0 Å². The molecule has 38 valence electrons. The van der Waals surface area contributed by atoms with Gasteiger partial charge in [-0.2, -0.15) is 0 Å². The van der Waals surface area contributed by atoms with Crippen molar-refractivity contribution in [1.82, 2.24) is 4.98 Å². The highest BCUT2D eigenvalue weighted by Gasteiger charge is 1.82. The van der Waals surface area contributed by atoms with E-state index in [1.165, 1.54) is 0 Å². The maximum absolute atomic E-state index is 5.34. The van der Waals surface area contributed by atoms with Gasteiger partial charge in [0.2, 0.25) is 0 Å². The number of hydrogen-bond acceptors (Lipinski definition) is 1. The fourth-order valence-corrected chi connectivity index (χ4v) is 0.622. The van der Waals surface area contributed by atoms with Crippen LogP contribution in [0, 0.1) is 0 Å². The van der Waals surface area contributed by atoms with E-state index in [4.69, 9.17) is 7.85 Å². The lowest BCUT2D eigenvalue weighted by Crippen LogP contribution is -2.00. The average molecular weight is 168 g/mol. The number of nitrogens with zero attached hydrogens (tertiary/aromatic N) is 1. The molecule has 8 heavy (non-hydrogen) atoms. The van der Waals surface area contributed by atoms with Crippen LogP contribution in [0.3, 0.4) is 0 Å². The number of halogens is 1. The summed E-state index contributed by atoms with van der Waals surface area (Å²) in [6, 6.07) is 3.59. The predicted octanol–water partition coefficient (Wildman–Crippen LogP) is 0.638. The molecule has 0 aliphatic heterocycles. The van der Waals surface area contributed by atoms with E-state index in [1.807, 2.05) is 0 Å². The monoisotopic (exact) mass is 167 g/mol. The molecule has 0 N–H and O–H groups in total. The van der Waals surface area contributed by atoms with Crippen molar-refractivity contribution in [3.63, 3.8) is 0 Å². The van der Waals surface area contributed by atoms with E-state index < -0.39 is 0 Å². The molecule has 0 bridgehead atoms. The van der Waals surface area contributed by atoms with E-state index in [9.17, 15) is 0 Å². The molecule has 0 saturated heterocycles. The normalized spacial score (nSPS) is 9.12. The van der Waals surface area contributed by atoms with Crippen LogP contribution in [0.4, 0.5) is 0 Å². The van der Waals surface area contributed by atoms with Gasteiger partial charge in [-0.05, 0) is 22.0 Å². The zero-order valence-corrected chi connectivity index (χ0v) is 5.72. The van der Waals surface area contributed by atoms with Gasteiger partial charge in [0.1, 0.15) is 12.4 Å². The van der Waals surface area contributed by atoms with Gasteiger partial charge in [-0.1, -0.05) is 11.5 Å². The van der Waals surface area contributed by atoms with E-state index >= 15 is 0 Å². The molecule has 0 atom stereocenters. The van der Waals surface area contributed by atoms with Crippen LogP contribution in [0.2, 0.25) is 0 Å². The summed E-state index contributed by atoms with van der Waals surface area (Å²) in [6.45, 7) is 0. The fraction of sp³-hybridized carbons (Fsp3) is 0. The molecule has 1 aromatic rings. The first-order valence-corrected chi connectivity index (χ1v) is 2.95. The molecule has 0 unspecified atom stereocenters. The number of hydrogen-bond donors (Lipinski definition) is 0. The van der Waals surface area contributed by atoms with Gasteiger partial charge in [0.15, 0.2) is 0 Å². The van der Waals surface area contributed by atoms with Crippen LogP contribution in [-0.4, -0.2) is 12.8 Å². The standard InChI is InChI=1S/C5H3BBrN/c6-4-1-2-5(7)8-3-4/h1-3H. The van der Waals surface area contributed by atoms with Crippen LogP contribution in [0.5, 0.6) is 0 Å². The molecule has 1 nitrogen and oxygen atoms in total. The Bertz CT molecular complexity index is 151. The van der Waals surface area contributed by atoms with Crippen molar-refractivity contribution >= 4 is 29.2 Å². The van der Waals surface area contributed by atoms with Crippen LogP contribution in [0.15, 0.2) is 22.9 Å². The minimum Gasteiger partial charge on any atom is -0.250 e. The Morgan fingerprint density at radius 3 is 2.62 bits per heavy atom. The van der Waals surface area contributed by atoms with Crippen LogP contribution in [-0.2, 0) is 0 Å². The third-order valence-corrected chi connectivity index (χ3v) is 1.22. The third kappa shape index (κ3) is 1.34. The summed E-state index contributed by atoms with van der Waals surface area (Å²) in [4.78, 5) is 3.87. The number of pyridine rings is 1. The fourth-order valence-electron chi connectivity index (χ4n) is 0.387. The maximum Gasteiger partial charge on any atom is 0.115 e. The van der Waals surface area contributed by atoms with Gasteiger partial charge in [0.05, 0.1) is 0 Å². The predicted molar refractivity (Wildman–Crippen MR) is 37.3 cm³/mol. The lowest BCUT2D eigenvalue weighted by molar-refractivity contribution is 1.30. The highest BCUT2D eigenvalue weighted by Crippen LogP contribution is 1.99. The summed E-state index contributed by atoms with van der Waals surface area (Å²) in [7, 11) is 5.34. The molecule has 1 aromatic heterocycles. The van der Waals surface area contributed by atoms with E-state index in [2.05, 4.69) is 20.9 Å². The highest BCUT2D eigenvalue weighted by atomic mass is 79.9.